The second-order valence-electron chi connectivity index (χ2n) is 3.73. The second kappa shape index (κ2) is 4.70. The lowest BCUT2D eigenvalue weighted by atomic mass is 9.98. The first kappa shape index (κ1) is 11.2. The van der Waals surface area contributed by atoms with Crippen molar-refractivity contribution in [1.29, 1.82) is 0 Å². The fraction of sp³-hybridized carbons (Fsp3) is 0.0714. The third kappa shape index (κ3) is 1.99. The van der Waals surface area contributed by atoms with E-state index in [2.05, 4.69) is 0 Å². The Kier molecular flexibility index (Phi) is 3.10. The molecule has 0 saturated carbocycles. The Balaban J connectivity index is 2.70. The number of fused-ring (bicyclic) bond motifs is 1. The normalized spacial score (nSPS) is 11.1. The van der Waals surface area contributed by atoms with E-state index in [1.165, 1.54) is 6.08 Å². The van der Waals surface area contributed by atoms with Gasteiger partial charge in [0.05, 0.1) is 11.8 Å². The highest BCUT2D eigenvalue weighted by Crippen LogP contribution is 2.30. The Bertz CT molecular complexity index is 585. The van der Waals surface area contributed by atoms with Gasteiger partial charge in [0.2, 0.25) is 0 Å². The minimum Gasteiger partial charge on any atom is -0.516 e. The van der Waals surface area contributed by atoms with Crippen molar-refractivity contribution < 1.29 is 15.0 Å². The zero-order valence-corrected chi connectivity index (χ0v) is 9.13. The number of aromatic hydroxyl groups is 1. The van der Waals surface area contributed by atoms with Gasteiger partial charge in [-0.05, 0) is 34.9 Å². The summed E-state index contributed by atoms with van der Waals surface area (Å²) in [4.78, 5) is 11.0. The van der Waals surface area contributed by atoms with Crippen LogP contribution in [0.15, 0.2) is 42.7 Å². The molecular formula is C14H12O3. The van der Waals surface area contributed by atoms with Crippen molar-refractivity contribution in [1.82, 2.24) is 0 Å². The van der Waals surface area contributed by atoms with Crippen molar-refractivity contribution in [2.75, 3.05) is 0 Å². The highest BCUT2D eigenvalue weighted by molar-refractivity contribution is 6.01. The number of aliphatic hydroxyl groups excluding tert-OH is 1. The molecule has 0 spiro atoms. The summed E-state index contributed by atoms with van der Waals surface area (Å²) in [7, 11) is 0. The van der Waals surface area contributed by atoms with Gasteiger partial charge in [-0.2, -0.15) is 0 Å². The fourth-order valence-electron chi connectivity index (χ4n) is 1.88. The summed E-state index contributed by atoms with van der Waals surface area (Å²) in [5.74, 6) is -0.0169. The van der Waals surface area contributed by atoms with E-state index < -0.39 is 0 Å². The number of phenolic OH excluding ortho intramolecular Hbond substituents is 1. The maximum Gasteiger partial charge on any atom is 0.154 e. The lowest BCUT2D eigenvalue weighted by Gasteiger charge is -2.08. The van der Waals surface area contributed by atoms with E-state index in [1.54, 1.807) is 6.07 Å². The predicted octanol–water partition coefficient (Wildman–Crippen LogP) is 2.97. The molecule has 0 aliphatic carbocycles. The highest BCUT2D eigenvalue weighted by atomic mass is 16.3. The van der Waals surface area contributed by atoms with Gasteiger partial charge < -0.3 is 10.2 Å². The maximum absolute atomic E-state index is 11.0. The van der Waals surface area contributed by atoms with Gasteiger partial charge in [-0.1, -0.05) is 24.3 Å². The highest BCUT2D eigenvalue weighted by Gasteiger charge is 2.10. The van der Waals surface area contributed by atoms with Crippen LogP contribution in [0.5, 0.6) is 5.75 Å². The molecule has 0 fully saturated rings. The molecule has 0 aliphatic rings. The lowest BCUT2D eigenvalue weighted by Crippen LogP contribution is -1.91. The molecule has 2 aromatic carbocycles. The molecule has 17 heavy (non-hydrogen) atoms. The molecule has 0 aromatic heterocycles. The minimum absolute atomic E-state index is 0.0169. The van der Waals surface area contributed by atoms with Gasteiger partial charge in [-0.25, -0.2) is 0 Å². The summed E-state index contributed by atoms with van der Waals surface area (Å²) in [6.45, 7) is 0. The fourth-order valence-corrected chi connectivity index (χ4v) is 1.88. The number of aliphatic hydroxyl groups is 1. The SMILES string of the molecule is O=Cc1c(O)c(CC=CO)cc2ccccc12. The molecule has 3 nitrogen and oxygen atoms in total. The molecule has 0 bridgehead atoms. The first-order chi connectivity index (χ1) is 8.27. The molecule has 0 unspecified atom stereocenters. The van der Waals surface area contributed by atoms with E-state index in [9.17, 15) is 9.90 Å². The minimum atomic E-state index is -0.0169. The largest absolute Gasteiger partial charge is 0.516 e. The average Bonchev–Trinajstić information content (AvgIpc) is 2.36. The van der Waals surface area contributed by atoms with Crippen molar-refractivity contribution in [2.45, 2.75) is 6.42 Å². The molecule has 86 valence electrons. The Morgan fingerprint density at radius 2 is 2.00 bits per heavy atom. The van der Waals surface area contributed by atoms with Crippen LogP contribution in [0.4, 0.5) is 0 Å². The summed E-state index contributed by atoms with van der Waals surface area (Å²) < 4.78 is 0. The van der Waals surface area contributed by atoms with Crippen LogP contribution < -0.4 is 0 Å². The summed E-state index contributed by atoms with van der Waals surface area (Å²) in [5.41, 5.74) is 0.917. The summed E-state index contributed by atoms with van der Waals surface area (Å²) in [6.07, 6.45) is 3.48. The van der Waals surface area contributed by atoms with Crippen LogP contribution in [-0.4, -0.2) is 16.5 Å². The zero-order chi connectivity index (χ0) is 12.3. The average molecular weight is 228 g/mol. The van der Waals surface area contributed by atoms with Gasteiger partial charge in [0.15, 0.2) is 6.29 Å². The molecule has 0 aliphatic heterocycles. The van der Waals surface area contributed by atoms with Crippen molar-refractivity contribution in [3.05, 3.63) is 53.8 Å². The first-order valence-corrected chi connectivity index (χ1v) is 5.26. The number of rotatable bonds is 3. The van der Waals surface area contributed by atoms with E-state index in [4.69, 9.17) is 5.11 Å². The van der Waals surface area contributed by atoms with Crippen LogP contribution in [0.2, 0.25) is 0 Å². The Morgan fingerprint density at radius 3 is 2.71 bits per heavy atom. The first-order valence-electron chi connectivity index (χ1n) is 5.26. The third-order valence-corrected chi connectivity index (χ3v) is 2.70. The van der Waals surface area contributed by atoms with Gasteiger partial charge in [0.25, 0.3) is 0 Å². The van der Waals surface area contributed by atoms with Gasteiger partial charge in [0, 0.05) is 0 Å². The van der Waals surface area contributed by atoms with Crippen LogP contribution in [0.1, 0.15) is 15.9 Å². The Hall–Kier alpha value is -2.29. The molecule has 0 amide bonds. The molecule has 3 heteroatoms. The summed E-state index contributed by atoms with van der Waals surface area (Å²) in [6, 6.07) is 9.19. The molecule has 0 atom stereocenters. The van der Waals surface area contributed by atoms with Crippen LogP contribution in [0.25, 0.3) is 10.8 Å². The predicted molar refractivity (Wildman–Crippen MR) is 66.5 cm³/mol. The smallest absolute Gasteiger partial charge is 0.154 e. The van der Waals surface area contributed by atoms with Crippen LogP contribution in [0.3, 0.4) is 0 Å². The van der Waals surface area contributed by atoms with E-state index in [1.807, 2.05) is 24.3 Å². The number of aldehydes is 1. The molecule has 0 radical (unpaired) electrons. The van der Waals surface area contributed by atoms with Crippen molar-refractivity contribution in [2.24, 2.45) is 0 Å². The molecule has 0 saturated heterocycles. The molecule has 2 rings (SSSR count). The van der Waals surface area contributed by atoms with E-state index in [0.29, 0.717) is 23.8 Å². The molecule has 2 N–H and O–H groups in total. The standard InChI is InChI=1S/C14H12O3/c15-7-3-5-11-8-10-4-1-2-6-12(10)13(9-16)14(11)17/h1-4,6-9,15,17H,5H2. The number of hydrogen-bond acceptors (Lipinski definition) is 3. The monoisotopic (exact) mass is 228 g/mol. The van der Waals surface area contributed by atoms with E-state index >= 15 is 0 Å². The Labute approximate surface area is 98.6 Å². The van der Waals surface area contributed by atoms with Gasteiger partial charge in [-0.3, -0.25) is 4.79 Å². The second-order valence-corrected chi connectivity index (χ2v) is 3.73. The van der Waals surface area contributed by atoms with Crippen LogP contribution in [-0.2, 0) is 6.42 Å². The molecular weight excluding hydrogens is 216 g/mol. The number of allylic oxidation sites excluding steroid dienone is 1. The van der Waals surface area contributed by atoms with Gasteiger partial charge >= 0.3 is 0 Å². The topological polar surface area (TPSA) is 57.5 Å². The van der Waals surface area contributed by atoms with Gasteiger partial charge in [0.1, 0.15) is 5.75 Å². The van der Waals surface area contributed by atoms with Crippen LogP contribution >= 0.6 is 0 Å². The van der Waals surface area contributed by atoms with Gasteiger partial charge in [-0.15, -0.1) is 0 Å². The summed E-state index contributed by atoms with van der Waals surface area (Å²) >= 11 is 0. The molecule has 0 heterocycles. The third-order valence-electron chi connectivity index (χ3n) is 2.70. The molecule has 2 aromatic rings. The number of phenols is 1. The maximum atomic E-state index is 11.0. The number of benzene rings is 2. The number of carbonyl (C=O) groups excluding carboxylic acids is 1. The number of carbonyl (C=O) groups is 1. The quantitative estimate of drug-likeness (QED) is 0.627. The van der Waals surface area contributed by atoms with Crippen molar-refractivity contribution >= 4 is 17.1 Å². The Morgan fingerprint density at radius 1 is 1.24 bits per heavy atom. The van der Waals surface area contributed by atoms with Crippen LogP contribution in [0, 0.1) is 0 Å². The zero-order valence-electron chi connectivity index (χ0n) is 9.13. The number of hydrogen-bond donors (Lipinski definition) is 2. The van der Waals surface area contributed by atoms with E-state index in [0.717, 1.165) is 17.0 Å². The van der Waals surface area contributed by atoms with Crippen molar-refractivity contribution in [3.63, 3.8) is 0 Å². The van der Waals surface area contributed by atoms with Crippen molar-refractivity contribution in [3.8, 4) is 5.75 Å². The lowest BCUT2D eigenvalue weighted by molar-refractivity contribution is 0.112. The van der Waals surface area contributed by atoms with E-state index in [-0.39, 0.29) is 5.75 Å². The summed E-state index contributed by atoms with van der Waals surface area (Å²) in [5, 5.41) is 20.2.